The first-order chi connectivity index (χ1) is 9.49. The van der Waals surface area contributed by atoms with Gasteiger partial charge in [-0.2, -0.15) is 0 Å². The van der Waals surface area contributed by atoms with E-state index in [4.69, 9.17) is 16.3 Å². The first-order valence-corrected chi connectivity index (χ1v) is 7.57. The van der Waals surface area contributed by atoms with Crippen molar-refractivity contribution in [3.63, 3.8) is 0 Å². The van der Waals surface area contributed by atoms with Crippen molar-refractivity contribution in [1.29, 1.82) is 0 Å². The molecule has 0 bridgehead atoms. The van der Waals surface area contributed by atoms with Gasteiger partial charge in [0.15, 0.2) is 6.61 Å². The maximum absolute atomic E-state index is 12.3. The molecule has 2 atom stereocenters. The van der Waals surface area contributed by atoms with Crippen molar-refractivity contribution < 1.29 is 9.53 Å². The summed E-state index contributed by atoms with van der Waals surface area (Å²) in [7, 11) is 0. The number of ether oxygens (including phenoxy) is 1. The van der Waals surface area contributed by atoms with Crippen LogP contribution in [0.2, 0.25) is 5.02 Å². The number of halogens is 1. The first kappa shape index (κ1) is 15.2. The van der Waals surface area contributed by atoms with Gasteiger partial charge in [0.1, 0.15) is 5.75 Å². The fourth-order valence-electron chi connectivity index (χ4n) is 2.84. The zero-order valence-electron chi connectivity index (χ0n) is 12.4. The molecule has 0 saturated carbocycles. The Hall–Kier alpha value is -1.22. The minimum Gasteiger partial charge on any atom is -0.484 e. The van der Waals surface area contributed by atoms with Crippen LogP contribution in [0.5, 0.6) is 5.75 Å². The lowest BCUT2D eigenvalue weighted by Crippen LogP contribution is -2.49. The Morgan fingerprint density at radius 2 is 2.00 bits per heavy atom. The van der Waals surface area contributed by atoms with Crippen LogP contribution in [0.25, 0.3) is 0 Å². The van der Waals surface area contributed by atoms with Gasteiger partial charge in [0.2, 0.25) is 0 Å². The van der Waals surface area contributed by atoms with Crippen LogP contribution < -0.4 is 4.74 Å². The summed E-state index contributed by atoms with van der Waals surface area (Å²) in [5, 5.41) is 0.710. The molecular formula is C16H22ClNO2. The zero-order valence-corrected chi connectivity index (χ0v) is 13.1. The molecule has 1 aromatic rings. The Labute approximate surface area is 125 Å². The highest BCUT2D eigenvalue weighted by molar-refractivity contribution is 6.31. The SMILES string of the molecule is Cc1cc(OCC(=O)N2[C@H](C)CCC[C@@H]2C)ccc1Cl. The molecule has 0 spiro atoms. The highest BCUT2D eigenvalue weighted by atomic mass is 35.5. The van der Waals surface area contributed by atoms with Crippen molar-refractivity contribution in [3.05, 3.63) is 28.8 Å². The quantitative estimate of drug-likeness (QED) is 0.848. The van der Waals surface area contributed by atoms with Gasteiger partial charge >= 0.3 is 0 Å². The van der Waals surface area contributed by atoms with E-state index in [0.717, 1.165) is 18.4 Å². The van der Waals surface area contributed by atoms with E-state index < -0.39 is 0 Å². The van der Waals surface area contributed by atoms with Crippen molar-refractivity contribution in [2.45, 2.75) is 52.1 Å². The first-order valence-electron chi connectivity index (χ1n) is 7.19. The number of hydrogen-bond acceptors (Lipinski definition) is 2. The largest absolute Gasteiger partial charge is 0.484 e. The van der Waals surface area contributed by atoms with Crippen molar-refractivity contribution in [2.24, 2.45) is 0 Å². The molecule has 2 rings (SSSR count). The van der Waals surface area contributed by atoms with Crippen molar-refractivity contribution >= 4 is 17.5 Å². The number of carbonyl (C=O) groups excluding carboxylic acids is 1. The predicted molar refractivity (Wildman–Crippen MR) is 81.3 cm³/mol. The summed E-state index contributed by atoms with van der Waals surface area (Å²) in [6.07, 6.45) is 3.36. The molecule has 0 aliphatic carbocycles. The molecule has 0 radical (unpaired) electrons. The fourth-order valence-corrected chi connectivity index (χ4v) is 2.96. The van der Waals surface area contributed by atoms with E-state index in [0.29, 0.717) is 22.9 Å². The van der Waals surface area contributed by atoms with Gasteiger partial charge in [-0.25, -0.2) is 0 Å². The van der Waals surface area contributed by atoms with Crippen LogP contribution >= 0.6 is 11.6 Å². The number of aryl methyl sites for hydroxylation is 1. The van der Waals surface area contributed by atoms with Crippen LogP contribution in [-0.4, -0.2) is 29.5 Å². The minimum absolute atomic E-state index is 0.0669. The van der Waals surface area contributed by atoms with Crippen molar-refractivity contribution in [2.75, 3.05) is 6.61 Å². The maximum Gasteiger partial charge on any atom is 0.260 e. The number of rotatable bonds is 3. The summed E-state index contributed by atoms with van der Waals surface area (Å²) in [5.74, 6) is 0.759. The monoisotopic (exact) mass is 295 g/mol. The topological polar surface area (TPSA) is 29.5 Å². The van der Waals surface area contributed by atoms with Gasteiger partial charge in [-0.1, -0.05) is 11.6 Å². The minimum atomic E-state index is 0.0669. The van der Waals surface area contributed by atoms with E-state index >= 15 is 0 Å². The second kappa shape index (κ2) is 6.49. The van der Waals surface area contributed by atoms with Crippen LogP contribution in [0.15, 0.2) is 18.2 Å². The van der Waals surface area contributed by atoms with E-state index in [1.807, 2.05) is 17.9 Å². The summed E-state index contributed by atoms with van der Waals surface area (Å²) < 4.78 is 5.60. The molecule has 1 aliphatic heterocycles. The number of amides is 1. The van der Waals surface area contributed by atoms with Crippen LogP contribution in [0.3, 0.4) is 0 Å². The second-order valence-electron chi connectivity index (χ2n) is 5.63. The molecule has 1 saturated heterocycles. The predicted octanol–water partition coefficient (Wildman–Crippen LogP) is 3.82. The van der Waals surface area contributed by atoms with E-state index in [1.165, 1.54) is 6.42 Å². The van der Waals surface area contributed by atoms with Gasteiger partial charge in [-0.15, -0.1) is 0 Å². The number of carbonyl (C=O) groups is 1. The summed E-state index contributed by atoms with van der Waals surface area (Å²) in [5.41, 5.74) is 0.955. The molecule has 3 nitrogen and oxygen atoms in total. The third kappa shape index (κ3) is 3.45. The number of benzene rings is 1. The van der Waals surface area contributed by atoms with Crippen LogP contribution in [-0.2, 0) is 4.79 Å². The Morgan fingerprint density at radius 3 is 2.60 bits per heavy atom. The molecule has 1 heterocycles. The van der Waals surface area contributed by atoms with Gasteiger partial charge in [0, 0.05) is 17.1 Å². The van der Waals surface area contributed by atoms with Crippen LogP contribution in [0.1, 0.15) is 38.7 Å². The Balaban J connectivity index is 1.95. The number of piperidine rings is 1. The number of likely N-dealkylation sites (tertiary alicyclic amines) is 1. The maximum atomic E-state index is 12.3. The van der Waals surface area contributed by atoms with E-state index in [2.05, 4.69) is 13.8 Å². The van der Waals surface area contributed by atoms with Gasteiger partial charge in [-0.05, 0) is 63.8 Å². The lowest BCUT2D eigenvalue weighted by atomic mass is 9.97. The Bertz CT molecular complexity index is 479. The molecule has 4 heteroatoms. The van der Waals surface area contributed by atoms with Gasteiger partial charge < -0.3 is 9.64 Å². The molecule has 1 fully saturated rings. The average Bonchev–Trinajstić information content (AvgIpc) is 2.40. The molecule has 1 aromatic carbocycles. The lowest BCUT2D eigenvalue weighted by molar-refractivity contribution is -0.139. The molecule has 0 aromatic heterocycles. The van der Waals surface area contributed by atoms with Gasteiger partial charge in [-0.3, -0.25) is 4.79 Å². The fraction of sp³-hybridized carbons (Fsp3) is 0.562. The standard InChI is InChI=1S/C16H22ClNO2/c1-11-9-14(7-8-15(11)17)20-10-16(19)18-12(2)5-4-6-13(18)3/h7-9,12-13H,4-6,10H2,1-3H3/t12-,13+. The average molecular weight is 296 g/mol. The molecule has 1 aliphatic rings. The van der Waals surface area contributed by atoms with E-state index in [9.17, 15) is 4.79 Å². The molecule has 0 N–H and O–H groups in total. The molecule has 1 amide bonds. The summed E-state index contributed by atoms with van der Waals surface area (Å²) in [4.78, 5) is 14.3. The van der Waals surface area contributed by atoms with Crippen molar-refractivity contribution in [1.82, 2.24) is 4.90 Å². The van der Waals surface area contributed by atoms with Gasteiger partial charge in [0.25, 0.3) is 5.91 Å². The zero-order chi connectivity index (χ0) is 14.7. The summed E-state index contributed by atoms with van der Waals surface area (Å²) in [6, 6.07) is 6.07. The van der Waals surface area contributed by atoms with Crippen LogP contribution in [0.4, 0.5) is 0 Å². The Morgan fingerprint density at radius 1 is 1.35 bits per heavy atom. The summed E-state index contributed by atoms with van der Waals surface area (Å²) >= 11 is 5.97. The molecular weight excluding hydrogens is 274 g/mol. The number of nitrogens with zero attached hydrogens (tertiary/aromatic N) is 1. The normalized spacial score (nSPS) is 22.7. The van der Waals surface area contributed by atoms with E-state index in [-0.39, 0.29) is 12.5 Å². The third-order valence-corrected chi connectivity index (χ3v) is 4.40. The van der Waals surface area contributed by atoms with Crippen molar-refractivity contribution in [3.8, 4) is 5.75 Å². The molecule has 110 valence electrons. The lowest BCUT2D eigenvalue weighted by Gasteiger charge is -2.38. The van der Waals surface area contributed by atoms with Gasteiger partial charge in [0.05, 0.1) is 0 Å². The second-order valence-corrected chi connectivity index (χ2v) is 6.04. The molecule has 20 heavy (non-hydrogen) atoms. The summed E-state index contributed by atoms with van der Waals surface area (Å²) in [6.45, 7) is 6.24. The highest BCUT2D eigenvalue weighted by Crippen LogP contribution is 2.24. The Kier molecular flexibility index (Phi) is 4.92. The molecule has 0 unspecified atom stereocenters. The van der Waals surface area contributed by atoms with Crippen LogP contribution in [0, 0.1) is 6.92 Å². The van der Waals surface area contributed by atoms with E-state index in [1.54, 1.807) is 12.1 Å². The smallest absolute Gasteiger partial charge is 0.260 e. The highest BCUT2D eigenvalue weighted by Gasteiger charge is 2.28. The third-order valence-electron chi connectivity index (χ3n) is 3.97. The number of hydrogen-bond donors (Lipinski definition) is 0.